The molecule has 1 atom stereocenters. The van der Waals surface area contributed by atoms with E-state index in [1.54, 1.807) is 4.90 Å². The summed E-state index contributed by atoms with van der Waals surface area (Å²) in [5.41, 5.74) is 0.247. The number of amides is 1. The van der Waals surface area contributed by atoms with Crippen molar-refractivity contribution >= 4 is 25.6 Å². The van der Waals surface area contributed by atoms with Gasteiger partial charge in [-0.3, -0.25) is 4.79 Å². The number of carbonyl (C=O) groups excluding carboxylic acids is 1. The molecule has 0 aliphatic carbocycles. The van der Waals surface area contributed by atoms with Gasteiger partial charge in [0.1, 0.15) is 5.82 Å². The van der Waals surface area contributed by atoms with Gasteiger partial charge >= 0.3 is 0 Å². The highest BCUT2D eigenvalue weighted by atomic mass is 35.7. The molecule has 21 heavy (non-hydrogen) atoms. The lowest BCUT2D eigenvalue weighted by Gasteiger charge is -2.34. The lowest BCUT2D eigenvalue weighted by molar-refractivity contribution is 0.0634. The molecule has 1 aromatic rings. The molecular weight excluding hydrogens is 317 g/mol. The smallest absolute Gasteiger partial charge is 0.261 e. The van der Waals surface area contributed by atoms with Crippen LogP contribution in [0.2, 0.25) is 0 Å². The predicted octanol–water partition coefficient (Wildman–Crippen LogP) is 3.08. The largest absolute Gasteiger partial charge is 0.336 e. The normalized spacial score (nSPS) is 19.6. The summed E-state index contributed by atoms with van der Waals surface area (Å²) >= 11 is 0. The van der Waals surface area contributed by atoms with Crippen LogP contribution in [0.5, 0.6) is 0 Å². The molecule has 1 heterocycles. The molecule has 0 aromatic heterocycles. The minimum absolute atomic E-state index is 0.0583. The maximum atomic E-state index is 13.7. The summed E-state index contributed by atoms with van der Waals surface area (Å²) in [5.74, 6) is -1.13. The van der Waals surface area contributed by atoms with Crippen LogP contribution >= 0.6 is 10.7 Å². The molecule has 116 valence electrons. The van der Waals surface area contributed by atoms with Gasteiger partial charge in [-0.1, -0.05) is 0 Å². The highest BCUT2D eigenvalue weighted by molar-refractivity contribution is 8.13. The molecule has 7 heteroatoms. The summed E-state index contributed by atoms with van der Waals surface area (Å²) in [7, 11) is 1.21. The summed E-state index contributed by atoms with van der Waals surface area (Å²) in [5, 5.41) is 0. The molecule has 1 aliphatic heterocycles. The summed E-state index contributed by atoms with van der Waals surface area (Å²) < 4.78 is 36.7. The van der Waals surface area contributed by atoms with E-state index in [2.05, 4.69) is 0 Å². The Bertz CT molecular complexity index is 675. The van der Waals surface area contributed by atoms with Crippen LogP contribution in [0.15, 0.2) is 17.0 Å². The highest BCUT2D eigenvalue weighted by Crippen LogP contribution is 2.27. The third-order valence-electron chi connectivity index (χ3n) is 3.88. The SMILES string of the molecule is Cc1c(C(=O)N2CCCCC2C)cc(F)cc1S(=O)(=O)Cl. The summed E-state index contributed by atoms with van der Waals surface area (Å²) in [4.78, 5) is 13.9. The second-order valence-electron chi connectivity index (χ2n) is 5.36. The second kappa shape index (κ2) is 5.93. The van der Waals surface area contributed by atoms with Crippen LogP contribution in [0.1, 0.15) is 42.1 Å². The molecule has 0 N–H and O–H groups in total. The van der Waals surface area contributed by atoms with E-state index < -0.39 is 14.9 Å². The van der Waals surface area contributed by atoms with Crippen LogP contribution in [0.25, 0.3) is 0 Å². The van der Waals surface area contributed by atoms with Gasteiger partial charge in [-0.15, -0.1) is 0 Å². The fraction of sp³-hybridized carbons (Fsp3) is 0.500. The topological polar surface area (TPSA) is 54.5 Å². The standard InChI is InChI=1S/C14H17ClFNO3S/c1-9-5-3-4-6-17(9)14(18)12-7-11(16)8-13(10(12)2)21(15,19)20/h7-9H,3-6H2,1-2H3. The number of piperidine rings is 1. The van der Waals surface area contributed by atoms with Gasteiger partial charge in [-0.25, -0.2) is 12.8 Å². The molecule has 1 saturated heterocycles. The Morgan fingerprint density at radius 1 is 1.38 bits per heavy atom. The first-order chi connectivity index (χ1) is 9.71. The van der Waals surface area contributed by atoms with E-state index >= 15 is 0 Å². The average Bonchev–Trinajstić information content (AvgIpc) is 2.39. The third kappa shape index (κ3) is 3.37. The fourth-order valence-electron chi connectivity index (χ4n) is 2.68. The zero-order chi connectivity index (χ0) is 15.8. The molecule has 0 spiro atoms. The molecular formula is C14H17ClFNO3S. The molecule has 1 aromatic carbocycles. The number of likely N-dealkylation sites (tertiary alicyclic amines) is 1. The molecule has 0 bridgehead atoms. The van der Waals surface area contributed by atoms with Crippen molar-refractivity contribution in [2.75, 3.05) is 6.54 Å². The van der Waals surface area contributed by atoms with Gasteiger partial charge < -0.3 is 4.90 Å². The Balaban J connectivity index is 2.49. The summed E-state index contributed by atoms with van der Waals surface area (Å²) in [6, 6.07) is 1.98. The molecule has 1 amide bonds. The lowest BCUT2D eigenvalue weighted by atomic mass is 10.0. The van der Waals surface area contributed by atoms with Crippen LogP contribution in [0, 0.1) is 12.7 Å². The molecule has 4 nitrogen and oxygen atoms in total. The number of hydrogen-bond donors (Lipinski definition) is 0. The van der Waals surface area contributed by atoms with Gasteiger partial charge in [-0.05, 0) is 50.8 Å². The van der Waals surface area contributed by atoms with Crippen LogP contribution < -0.4 is 0 Å². The van der Waals surface area contributed by atoms with Crippen LogP contribution in [0.4, 0.5) is 4.39 Å². The summed E-state index contributed by atoms with van der Waals surface area (Å²) in [6.07, 6.45) is 2.83. The van der Waals surface area contributed by atoms with Crippen molar-refractivity contribution < 1.29 is 17.6 Å². The number of nitrogens with zero attached hydrogens (tertiary/aromatic N) is 1. The van der Waals surface area contributed by atoms with E-state index in [0.29, 0.717) is 6.54 Å². The highest BCUT2D eigenvalue weighted by Gasteiger charge is 2.28. The fourth-order valence-corrected chi connectivity index (χ4v) is 3.89. The first-order valence-electron chi connectivity index (χ1n) is 6.77. The van der Waals surface area contributed by atoms with E-state index in [4.69, 9.17) is 10.7 Å². The molecule has 1 fully saturated rings. The van der Waals surface area contributed by atoms with Gasteiger partial charge in [0.2, 0.25) is 0 Å². The Labute approximate surface area is 128 Å². The predicted molar refractivity (Wildman–Crippen MR) is 78.5 cm³/mol. The van der Waals surface area contributed by atoms with Crippen molar-refractivity contribution in [1.82, 2.24) is 4.90 Å². The monoisotopic (exact) mass is 333 g/mol. The lowest BCUT2D eigenvalue weighted by Crippen LogP contribution is -2.42. The first kappa shape index (κ1) is 16.2. The van der Waals surface area contributed by atoms with E-state index in [0.717, 1.165) is 31.4 Å². The van der Waals surface area contributed by atoms with Crippen molar-refractivity contribution in [1.29, 1.82) is 0 Å². The zero-order valence-corrected chi connectivity index (χ0v) is 13.5. The van der Waals surface area contributed by atoms with E-state index in [1.165, 1.54) is 6.92 Å². The van der Waals surface area contributed by atoms with Crippen molar-refractivity contribution in [3.8, 4) is 0 Å². The molecule has 0 radical (unpaired) electrons. The minimum Gasteiger partial charge on any atom is -0.336 e. The van der Waals surface area contributed by atoms with Crippen LogP contribution in [-0.2, 0) is 9.05 Å². The Morgan fingerprint density at radius 2 is 2.05 bits per heavy atom. The maximum Gasteiger partial charge on any atom is 0.261 e. The van der Waals surface area contributed by atoms with Gasteiger partial charge in [0.25, 0.3) is 15.0 Å². The van der Waals surface area contributed by atoms with Crippen molar-refractivity contribution in [3.05, 3.63) is 29.1 Å². The van der Waals surface area contributed by atoms with E-state index in [9.17, 15) is 17.6 Å². The number of benzene rings is 1. The van der Waals surface area contributed by atoms with Crippen molar-refractivity contribution in [3.63, 3.8) is 0 Å². The minimum atomic E-state index is -4.09. The molecule has 1 aliphatic rings. The van der Waals surface area contributed by atoms with Crippen molar-refractivity contribution in [2.24, 2.45) is 0 Å². The Kier molecular flexibility index (Phi) is 4.58. The van der Waals surface area contributed by atoms with Gasteiger partial charge in [-0.2, -0.15) is 0 Å². The quantitative estimate of drug-likeness (QED) is 0.781. The number of hydrogen-bond acceptors (Lipinski definition) is 3. The number of rotatable bonds is 2. The van der Waals surface area contributed by atoms with Crippen LogP contribution in [-0.4, -0.2) is 31.8 Å². The van der Waals surface area contributed by atoms with Crippen LogP contribution in [0.3, 0.4) is 0 Å². The van der Waals surface area contributed by atoms with Gasteiger partial charge in [0.05, 0.1) is 4.90 Å². The number of carbonyl (C=O) groups is 1. The Hall–Kier alpha value is -1.14. The van der Waals surface area contributed by atoms with Gasteiger partial charge in [0.15, 0.2) is 0 Å². The molecule has 0 saturated carbocycles. The molecule has 1 unspecified atom stereocenters. The first-order valence-corrected chi connectivity index (χ1v) is 9.08. The third-order valence-corrected chi connectivity index (χ3v) is 5.33. The Morgan fingerprint density at radius 3 is 2.62 bits per heavy atom. The van der Waals surface area contributed by atoms with E-state index in [1.807, 2.05) is 6.92 Å². The number of halogens is 2. The maximum absolute atomic E-state index is 13.7. The van der Waals surface area contributed by atoms with E-state index in [-0.39, 0.29) is 28.0 Å². The van der Waals surface area contributed by atoms with Crippen molar-refractivity contribution in [2.45, 2.75) is 44.0 Å². The van der Waals surface area contributed by atoms with Gasteiger partial charge in [0, 0.05) is 28.8 Å². The average molecular weight is 334 g/mol. The zero-order valence-electron chi connectivity index (χ0n) is 11.9. The second-order valence-corrected chi connectivity index (χ2v) is 7.89. The molecule has 2 rings (SSSR count). The summed E-state index contributed by atoms with van der Waals surface area (Å²) in [6.45, 7) is 4.00.